The van der Waals surface area contributed by atoms with E-state index in [1.54, 1.807) is 6.07 Å². The summed E-state index contributed by atoms with van der Waals surface area (Å²) in [4.78, 5) is 10.8. The van der Waals surface area contributed by atoms with Gasteiger partial charge in [-0.2, -0.15) is 0 Å². The lowest BCUT2D eigenvalue weighted by molar-refractivity contribution is 0.0697. The Labute approximate surface area is 129 Å². The number of rotatable bonds is 4. The van der Waals surface area contributed by atoms with Crippen LogP contribution in [0.5, 0.6) is 5.75 Å². The number of carboxylic acid groups (broad SMARTS) is 1. The summed E-state index contributed by atoms with van der Waals surface area (Å²) < 4.78 is 6.68. The zero-order valence-corrected chi connectivity index (χ0v) is 12.7. The lowest BCUT2D eigenvalue weighted by Gasteiger charge is -2.09. The predicted octanol–water partition coefficient (Wildman–Crippen LogP) is 4.22. The largest absolute Gasteiger partial charge is 0.488 e. The Morgan fingerprint density at radius 1 is 1.26 bits per heavy atom. The molecule has 0 amide bonds. The molecular weight excluding hydrogens is 379 g/mol. The fraction of sp³-hybridized carbons (Fsp3) is 0.0714. The molecule has 0 aliphatic rings. The summed E-state index contributed by atoms with van der Waals surface area (Å²) in [5.41, 5.74) is 0.925. The molecule has 0 aliphatic carbocycles. The van der Waals surface area contributed by atoms with Gasteiger partial charge in [-0.3, -0.25) is 0 Å². The zero-order chi connectivity index (χ0) is 13.8. The molecule has 3 nitrogen and oxygen atoms in total. The second-order valence-electron chi connectivity index (χ2n) is 3.83. The van der Waals surface area contributed by atoms with Gasteiger partial charge in [-0.05, 0) is 46.9 Å². The van der Waals surface area contributed by atoms with Crippen LogP contribution in [0, 0.1) is 3.57 Å². The maximum absolute atomic E-state index is 10.8. The quantitative estimate of drug-likeness (QED) is 0.798. The summed E-state index contributed by atoms with van der Waals surface area (Å²) in [6.45, 7) is 0.304. The Kier molecular flexibility index (Phi) is 4.66. The molecule has 19 heavy (non-hydrogen) atoms. The summed E-state index contributed by atoms with van der Waals surface area (Å²) in [6.07, 6.45) is 0. The van der Waals surface area contributed by atoms with Crippen LogP contribution in [-0.2, 0) is 6.61 Å². The average molecular weight is 389 g/mol. The number of ether oxygens (including phenoxy) is 1. The highest BCUT2D eigenvalue weighted by Gasteiger charge is 2.08. The molecule has 5 heteroatoms. The Bertz CT molecular complexity index is 613. The molecule has 0 saturated heterocycles. The lowest BCUT2D eigenvalue weighted by atomic mass is 10.1. The van der Waals surface area contributed by atoms with Gasteiger partial charge in [-0.1, -0.05) is 29.8 Å². The van der Waals surface area contributed by atoms with E-state index >= 15 is 0 Å². The molecule has 0 unspecified atom stereocenters. The van der Waals surface area contributed by atoms with E-state index in [1.165, 1.54) is 12.1 Å². The number of carboxylic acids is 1. The standard InChI is InChI=1S/C14H10ClIO3/c15-11-7-9(14(17)18)5-6-10(11)8-19-13-4-2-1-3-12(13)16/h1-7H,8H2,(H,17,18). The van der Waals surface area contributed by atoms with Crippen LogP contribution < -0.4 is 4.74 Å². The minimum Gasteiger partial charge on any atom is -0.488 e. The van der Waals surface area contributed by atoms with Crippen LogP contribution in [0.2, 0.25) is 5.02 Å². The molecule has 0 radical (unpaired) electrons. The van der Waals surface area contributed by atoms with Crippen molar-refractivity contribution in [2.24, 2.45) is 0 Å². The minimum absolute atomic E-state index is 0.169. The van der Waals surface area contributed by atoms with Gasteiger partial charge < -0.3 is 9.84 Å². The fourth-order valence-corrected chi connectivity index (χ4v) is 2.29. The summed E-state index contributed by atoms with van der Waals surface area (Å²) in [7, 11) is 0. The average Bonchev–Trinajstić information content (AvgIpc) is 2.39. The van der Waals surface area contributed by atoms with Gasteiger partial charge in [0.2, 0.25) is 0 Å². The molecule has 1 N–H and O–H groups in total. The van der Waals surface area contributed by atoms with Crippen LogP contribution in [-0.4, -0.2) is 11.1 Å². The topological polar surface area (TPSA) is 46.5 Å². The van der Waals surface area contributed by atoms with Crippen LogP contribution in [0.15, 0.2) is 42.5 Å². The van der Waals surface area contributed by atoms with Gasteiger partial charge in [0.1, 0.15) is 12.4 Å². The molecule has 0 heterocycles. The van der Waals surface area contributed by atoms with Crippen LogP contribution >= 0.6 is 34.2 Å². The molecule has 2 rings (SSSR count). The summed E-state index contributed by atoms with van der Waals surface area (Å²) in [5.74, 6) is -0.214. The van der Waals surface area contributed by atoms with Gasteiger partial charge in [0, 0.05) is 10.6 Å². The minimum atomic E-state index is -0.994. The first kappa shape index (κ1) is 14.1. The molecule has 0 saturated carbocycles. The van der Waals surface area contributed by atoms with Gasteiger partial charge in [0.15, 0.2) is 0 Å². The normalized spacial score (nSPS) is 10.2. The molecule has 0 aliphatic heterocycles. The highest BCUT2D eigenvalue weighted by atomic mass is 127. The molecule has 0 aromatic heterocycles. The molecule has 0 atom stereocenters. The van der Waals surface area contributed by atoms with E-state index in [4.69, 9.17) is 21.4 Å². The Morgan fingerprint density at radius 3 is 2.63 bits per heavy atom. The SMILES string of the molecule is O=C(O)c1ccc(COc2ccccc2I)c(Cl)c1. The van der Waals surface area contributed by atoms with Gasteiger partial charge >= 0.3 is 5.97 Å². The van der Waals surface area contributed by atoms with Crippen LogP contribution in [0.25, 0.3) is 0 Å². The van der Waals surface area contributed by atoms with Gasteiger partial charge in [0.25, 0.3) is 0 Å². The van der Waals surface area contributed by atoms with Crippen LogP contribution in [0.3, 0.4) is 0 Å². The van der Waals surface area contributed by atoms with Crippen LogP contribution in [0.4, 0.5) is 0 Å². The number of halogens is 2. The van der Waals surface area contributed by atoms with Crippen molar-refractivity contribution in [1.29, 1.82) is 0 Å². The number of hydrogen-bond acceptors (Lipinski definition) is 2. The Hall–Kier alpha value is -1.27. The number of benzene rings is 2. The first-order chi connectivity index (χ1) is 9.08. The predicted molar refractivity (Wildman–Crippen MR) is 81.9 cm³/mol. The number of hydrogen-bond donors (Lipinski definition) is 1. The Balaban J connectivity index is 2.12. The maximum atomic E-state index is 10.8. The van der Waals surface area contributed by atoms with Crippen molar-refractivity contribution in [3.05, 3.63) is 62.2 Å². The Morgan fingerprint density at radius 2 is 2.00 bits per heavy atom. The molecule has 0 spiro atoms. The molecule has 0 fully saturated rings. The highest BCUT2D eigenvalue weighted by molar-refractivity contribution is 14.1. The molecule has 0 bridgehead atoms. The van der Waals surface area contributed by atoms with Crippen molar-refractivity contribution in [3.63, 3.8) is 0 Å². The van der Waals surface area contributed by atoms with E-state index in [2.05, 4.69) is 22.6 Å². The molecule has 2 aromatic carbocycles. The third-order valence-corrected chi connectivity index (χ3v) is 3.76. The van der Waals surface area contributed by atoms with Gasteiger partial charge in [-0.25, -0.2) is 4.79 Å². The molecular formula is C14H10ClIO3. The number of aromatic carboxylic acids is 1. The fourth-order valence-electron chi connectivity index (χ4n) is 1.51. The monoisotopic (exact) mass is 388 g/mol. The van der Waals surface area contributed by atoms with Crippen molar-refractivity contribution in [2.75, 3.05) is 0 Å². The van der Waals surface area contributed by atoms with E-state index in [0.717, 1.165) is 14.9 Å². The van der Waals surface area contributed by atoms with E-state index in [-0.39, 0.29) is 5.56 Å². The number of para-hydroxylation sites is 1. The van der Waals surface area contributed by atoms with Crippen molar-refractivity contribution in [1.82, 2.24) is 0 Å². The third-order valence-electron chi connectivity index (χ3n) is 2.52. The first-order valence-electron chi connectivity index (χ1n) is 5.47. The highest BCUT2D eigenvalue weighted by Crippen LogP contribution is 2.23. The summed E-state index contributed by atoms with van der Waals surface area (Å²) in [5, 5.41) is 9.25. The second kappa shape index (κ2) is 6.25. The maximum Gasteiger partial charge on any atom is 0.335 e. The molecule has 98 valence electrons. The van der Waals surface area contributed by atoms with Crippen LogP contribution in [0.1, 0.15) is 15.9 Å². The van der Waals surface area contributed by atoms with E-state index in [1.807, 2.05) is 24.3 Å². The van der Waals surface area contributed by atoms with Crippen molar-refractivity contribution >= 4 is 40.2 Å². The summed E-state index contributed by atoms with van der Waals surface area (Å²) >= 11 is 8.22. The van der Waals surface area contributed by atoms with Crippen molar-refractivity contribution in [2.45, 2.75) is 6.61 Å². The third kappa shape index (κ3) is 3.61. The van der Waals surface area contributed by atoms with E-state index in [0.29, 0.717) is 11.6 Å². The second-order valence-corrected chi connectivity index (χ2v) is 5.40. The van der Waals surface area contributed by atoms with Gasteiger partial charge in [0.05, 0.1) is 9.13 Å². The zero-order valence-electron chi connectivity index (χ0n) is 9.77. The van der Waals surface area contributed by atoms with E-state index in [9.17, 15) is 4.79 Å². The lowest BCUT2D eigenvalue weighted by Crippen LogP contribution is -2.00. The number of carbonyl (C=O) groups is 1. The van der Waals surface area contributed by atoms with Crippen molar-refractivity contribution < 1.29 is 14.6 Å². The molecule has 2 aromatic rings. The first-order valence-corrected chi connectivity index (χ1v) is 6.92. The smallest absolute Gasteiger partial charge is 0.335 e. The van der Waals surface area contributed by atoms with Crippen molar-refractivity contribution in [3.8, 4) is 5.75 Å². The van der Waals surface area contributed by atoms with E-state index < -0.39 is 5.97 Å². The van der Waals surface area contributed by atoms with Gasteiger partial charge in [-0.15, -0.1) is 0 Å². The summed E-state index contributed by atoms with van der Waals surface area (Å²) in [6, 6.07) is 12.3.